The molecule has 0 spiro atoms. The first-order valence-electron chi connectivity index (χ1n) is 5.15. The van der Waals surface area contributed by atoms with E-state index in [-0.39, 0.29) is 0 Å². The van der Waals surface area contributed by atoms with Crippen molar-refractivity contribution in [3.8, 4) is 0 Å². The SMILES string of the molecule is Cc1cnccc1CN(C)c1ncccn1. The van der Waals surface area contributed by atoms with Gasteiger partial charge in [-0.3, -0.25) is 4.98 Å². The highest BCUT2D eigenvalue weighted by Crippen LogP contribution is 2.11. The van der Waals surface area contributed by atoms with E-state index in [1.165, 1.54) is 11.1 Å². The molecule has 82 valence electrons. The van der Waals surface area contributed by atoms with Crippen molar-refractivity contribution in [2.75, 3.05) is 11.9 Å². The maximum Gasteiger partial charge on any atom is 0.225 e. The van der Waals surface area contributed by atoms with E-state index in [0.29, 0.717) is 0 Å². The zero-order chi connectivity index (χ0) is 11.4. The predicted octanol–water partition coefficient (Wildman–Crippen LogP) is 1.82. The summed E-state index contributed by atoms with van der Waals surface area (Å²) in [6, 6.07) is 3.84. The molecule has 4 heteroatoms. The van der Waals surface area contributed by atoms with Gasteiger partial charge in [0.25, 0.3) is 0 Å². The minimum absolute atomic E-state index is 0.735. The van der Waals surface area contributed by atoms with Crippen molar-refractivity contribution in [2.45, 2.75) is 13.5 Å². The molecule has 2 heterocycles. The number of aromatic nitrogens is 3. The topological polar surface area (TPSA) is 41.9 Å². The van der Waals surface area contributed by atoms with Crippen molar-refractivity contribution >= 4 is 5.95 Å². The molecule has 0 atom stereocenters. The summed E-state index contributed by atoms with van der Waals surface area (Å²) in [5.74, 6) is 0.735. The van der Waals surface area contributed by atoms with E-state index in [1.54, 1.807) is 12.4 Å². The van der Waals surface area contributed by atoms with Crippen LogP contribution in [0.15, 0.2) is 36.9 Å². The molecule has 0 aromatic carbocycles. The van der Waals surface area contributed by atoms with E-state index in [4.69, 9.17) is 0 Å². The van der Waals surface area contributed by atoms with Gasteiger partial charge in [0.2, 0.25) is 5.95 Å². The molecule has 0 aliphatic rings. The van der Waals surface area contributed by atoms with Gasteiger partial charge < -0.3 is 4.90 Å². The summed E-state index contributed by atoms with van der Waals surface area (Å²) < 4.78 is 0. The van der Waals surface area contributed by atoms with Gasteiger partial charge >= 0.3 is 0 Å². The van der Waals surface area contributed by atoms with Crippen LogP contribution in [0.4, 0.5) is 5.95 Å². The number of hydrogen-bond donors (Lipinski definition) is 0. The first kappa shape index (κ1) is 10.5. The number of pyridine rings is 1. The maximum absolute atomic E-state index is 4.20. The lowest BCUT2D eigenvalue weighted by Gasteiger charge is -2.17. The molecule has 0 aliphatic heterocycles. The van der Waals surface area contributed by atoms with E-state index >= 15 is 0 Å². The summed E-state index contributed by atoms with van der Waals surface area (Å²) in [5.41, 5.74) is 2.43. The normalized spacial score (nSPS) is 10.1. The Morgan fingerprint density at radius 3 is 2.62 bits per heavy atom. The molecule has 4 nitrogen and oxygen atoms in total. The Hall–Kier alpha value is -1.97. The summed E-state index contributed by atoms with van der Waals surface area (Å²) >= 11 is 0. The fourth-order valence-electron chi connectivity index (χ4n) is 1.49. The second-order valence-electron chi connectivity index (χ2n) is 3.71. The van der Waals surface area contributed by atoms with Gasteiger partial charge in [0.1, 0.15) is 0 Å². The number of nitrogens with zero attached hydrogens (tertiary/aromatic N) is 4. The van der Waals surface area contributed by atoms with E-state index in [1.807, 2.05) is 36.5 Å². The van der Waals surface area contributed by atoms with Gasteiger partial charge in [0, 0.05) is 38.4 Å². The fourth-order valence-corrected chi connectivity index (χ4v) is 1.49. The molecule has 0 saturated carbocycles. The van der Waals surface area contributed by atoms with Gasteiger partial charge in [-0.2, -0.15) is 0 Å². The summed E-state index contributed by atoms with van der Waals surface area (Å²) in [4.78, 5) is 14.5. The van der Waals surface area contributed by atoms with Gasteiger partial charge in [-0.25, -0.2) is 9.97 Å². The minimum Gasteiger partial charge on any atom is -0.340 e. The molecule has 0 unspecified atom stereocenters. The molecule has 2 aromatic rings. The molecule has 2 aromatic heterocycles. The lowest BCUT2D eigenvalue weighted by atomic mass is 10.1. The van der Waals surface area contributed by atoms with Crippen molar-refractivity contribution in [3.63, 3.8) is 0 Å². The minimum atomic E-state index is 0.735. The van der Waals surface area contributed by atoms with Crippen LogP contribution >= 0.6 is 0 Å². The Labute approximate surface area is 95.0 Å². The summed E-state index contributed by atoms with van der Waals surface area (Å²) in [7, 11) is 1.98. The maximum atomic E-state index is 4.20. The van der Waals surface area contributed by atoms with E-state index in [0.717, 1.165) is 12.5 Å². The third-order valence-corrected chi connectivity index (χ3v) is 2.44. The number of rotatable bonds is 3. The molecule has 16 heavy (non-hydrogen) atoms. The number of anilines is 1. The van der Waals surface area contributed by atoms with Crippen LogP contribution in [0.3, 0.4) is 0 Å². The Bertz CT molecular complexity index is 456. The van der Waals surface area contributed by atoms with Crippen LogP contribution in [-0.2, 0) is 6.54 Å². The smallest absolute Gasteiger partial charge is 0.225 e. The summed E-state index contributed by atoms with van der Waals surface area (Å²) in [5, 5.41) is 0. The van der Waals surface area contributed by atoms with Crippen LogP contribution in [0.1, 0.15) is 11.1 Å². The molecule has 2 rings (SSSR count). The quantitative estimate of drug-likeness (QED) is 0.781. The van der Waals surface area contributed by atoms with Gasteiger partial charge in [0.15, 0.2) is 0 Å². The molecule has 0 amide bonds. The highest BCUT2D eigenvalue weighted by atomic mass is 15.2. The largest absolute Gasteiger partial charge is 0.340 e. The Balaban J connectivity index is 2.14. The van der Waals surface area contributed by atoms with Crippen LogP contribution in [-0.4, -0.2) is 22.0 Å². The molecule has 0 radical (unpaired) electrons. The zero-order valence-corrected chi connectivity index (χ0v) is 9.46. The van der Waals surface area contributed by atoms with Crippen LogP contribution in [0, 0.1) is 6.92 Å². The number of hydrogen-bond acceptors (Lipinski definition) is 4. The molecule has 0 aliphatic carbocycles. The Morgan fingerprint density at radius 1 is 1.19 bits per heavy atom. The van der Waals surface area contributed by atoms with Crippen molar-refractivity contribution in [1.82, 2.24) is 15.0 Å². The monoisotopic (exact) mass is 214 g/mol. The number of aryl methyl sites for hydroxylation is 1. The Morgan fingerprint density at radius 2 is 1.94 bits per heavy atom. The summed E-state index contributed by atoms with van der Waals surface area (Å²) in [6.07, 6.45) is 7.17. The lowest BCUT2D eigenvalue weighted by Crippen LogP contribution is -2.19. The molecular weight excluding hydrogens is 200 g/mol. The van der Waals surface area contributed by atoms with Gasteiger partial charge in [0.05, 0.1) is 0 Å². The van der Waals surface area contributed by atoms with Crippen LogP contribution in [0.2, 0.25) is 0 Å². The van der Waals surface area contributed by atoms with Crippen LogP contribution < -0.4 is 4.90 Å². The standard InChI is InChI=1S/C12H14N4/c1-10-8-13-7-4-11(10)9-16(2)12-14-5-3-6-15-12/h3-8H,9H2,1-2H3. The molecule has 0 saturated heterocycles. The molecule has 0 fully saturated rings. The van der Waals surface area contributed by atoms with E-state index in [2.05, 4.69) is 21.9 Å². The second kappa shape index (κ2) is 4.70. The molecular formula is C12H14N4. The van der Waals surface area contributed by atoms with Crippen molar-refractivity contribution in [2.24, 2.45) is 0 Å². The first-order valence-corrected chi connectivity index (χ1v) is 5.15. The highest BCUT2D eigenvalue weighted by molar-refractivity contribution is 5.32. The van der Waals surface area contributed by atoms with Crippen molar-refractivity contribution in [3.05, 3.63) is 48.0 Å². The van der Waals surface area contributed by atoms with Gasteiger partial charge in [-0.1, -0.05) is 0 Å². The lowest BCUT2D eigenvalue weighted by molar-refractivity contribution is 0.858. The second-order valence-corrected chi connectivity index (χ2v) is 3.71. The predicted molar refractivity (Wildman–Crippen MR) is 63.1 cm³/mol. The molecule has 0 N–H and O–H groups in total. The third-order valence-electron chi connectivity index (χ3n) is 2.44. The first-order chi connectivity index (χ1) is 7.77. The third kappa shape index (κ3) is 2.34. The van der Waals surface area contributed by atoms with Crippen molar-refractivity contribution in [1.29, 1.82) is 0 Å². The van der Waals surface area contributed by atoms with Gasteiger partial charge in [-0.05, 0) is 30.2 Å². The van der Waals surface area contributed by atoms with Crippen LogP contribution in [0.25, 0.3) is 0 Å². The highest BCUT2D eigenvalue weighted by Gasteiger charge is 2.05. The molecule has 0 bridgehead atoms. The zero-order valence-electron chi connectivity index (χ0n) is 9.46. The summed E-state index contributed by atoms with van der Waals surface area (Å²) in [6.45, 7) is 2.85. The average molecular weight is 214 g/mol. The van der Waals surface area contributed by atoms with Crippen molar-refractivity contribution < 1.29 is 0 Å². The van der Waals surface area contributed by atoms with E-state index in [9.17, 15) is 0 Å². The van der Waals surface area contributed by atoms with Crippen LogP contribution in [0.5, 0.6) is 0 Å². The fraction of sp³-hybridized carbons (Fsp3) is 0.250. The van der Waals surface area contributed by atoms with E-state index < -0.39 is 0 Å². The average Bonchev–Trinajstić information content (AvgIpc) is 2.33. The van der Waals surface area contributed by atoms with Gasteiger partial charge in [-0.15, -0.1) is 0 Å². The Kier molecular flexibility index (Phi) is 3.10.